The monoisotopic (exact) mass is 359 g/mol. The van der Waals surface area contributed by atoms with E-state index in [2.05, 4.69) is 35.2 Å². The molecular formula is C21H26ClNO2. The zero-order valence-corrected chi connectivity index (χ0v) is 15.5. The minimum atomic E-state index is 0. The summed E-state index contributed by atoms with van der Waals surface area (Å²) in [6, 6.07) is 18.1. The SMILES string of the molecule is COc1ccc(C(=O)C2CCN(CCc3ccccc3)CC2)cc1.Cl. The van der Waals surface area contributed by atoms with Crippen molar-refractivity contribution in [2.75, 3.05) is 26.7 Å². The fourth-order valence-electron chi connectivity index (χ4n) is 3.34. The molecule has 0 spiro atoms. The molecule has 0 N–H and O–H groups in total. The number of ketones is 1. The minimum absolute atomic E-state index is 0. The first-order chi connectivity index (χ1) is 11.8. The molecule has 4 heteroatoms. The van der Waals surface area contributed by atoms with Crippen LogP contribution in [-0.2, 0) is 6.42 Å². The highest BCUT2D eigenvalue weighted by atomic mass is 35.5. The van der Waals surface area contributed by atoms with E-state index in [1.807, 2.05) is 24.3 Å². The molecule has 0 bridgehead atoms. The van der Waals surface area contributed by atoms with E-state index in [4.69, 9.17) is 4.74 Å². The van der Waals surface area contributed by atoms with Crippen molar-refractivity contribution >= 4 is 18.2 Å². The van der Waals surface area contributed by atoms with Crippen LogP contribution in [0.3, 0.4) is 0 Å². The van der Waals surface area contributed by atoms with Gasteiger partial charge in [-0.1, -0.05) is 30.3 Å². The number of piperidine rings is 1. The van der Waals surface area contributed by atoms with E-state index >= 15 is 0 Å². The third kappa shape index (κ3) is 5.32. The van der Waals surface area contributed by atoms with Gasteiger partial charge in [0.05, 0.1) is 7.11 Å². The summed E-state index contributed by atoms with van der Waals surface area (Å²) in [5.74, 6) is 1.23. The van der Waals surface area contributed by atoms with Crippen LogP contribution in [-0.4, -0.2) is 37.4 Å². The van der Waals surface area contributed by atoms with E-state index < -0.39 is 0 Å². The van der Waals surface area contributed by atoms with Gasteiger partial charge in [-0.15, -0.1) is 12.4 Å². The fourth-order valence-corrected chi connectivity index (χ4v) is 3.34. The van der Waals surface area contributed by atoms with E-state index in [1.54, 1.807) is 7.11 Å². The van der Waals surface area contributed by atoms with Crippen LogP contribution in [0.1, 0.15) is 28.8 Å². The molecule has 2 aromatic rings. The first-order valence-corrected chi connectivity index (χ1v) is 8.71. The predicted molar refractivity (Wildman–Crippen MR) is 104 cm³/mol. The van der Waals surface area contributed by atoms with Crippen LogP contribution in [0.2, 0.25) is 0 Å². The zero-order chi connectivity index (χ0) is 16.8. The molecule has 134 valence electrons. The number of ether oxygens (including phenoxy) is 1. The van der Waals surface area contributed by atoms with Gasteiger partial charge in [-0.2, -0.15) is 0 Å². The number of carbonyl (C=O) groups excluding carboxylic acids is 1. The molecule has 25 heavy (non-hydrogen) atoms. The number of benzene rings is 2. The maximum Gasteiger partial charge on any atom is 0.166 e. The van der Waals surface area contributed by atoms with E-state index in [9.17, 15) is 4.79 Å². The summed E-state index contributed by atoms with van der Waals surface area (Å²) in [5.41, 5.74) is 2.19. The summed E-state index contributed by atoms with van der Waals surface area (Å²) in [4.78, 5) is 15.1. The molecule has 3 rings (SSSR count). The Morgan fingerprint density at radius 2 is 1.68 bits per heavy atom. The van der Waals surface area contributed by atoms with Crippen LogP contribution in [0.5, 0.6) is 5.75 Å². The number of nitrogens with zero attached hydrogens (tertiary/aromatic N) is 1. The predicted octanol–water partition coefficient (Wildman–Crippen LogP) is 4.25. The number of Topliss-reactive ketones (excluding diaryl/α,β-unsaturated/α-hetero) is 1. The lowest BCUT2D eigenvalue weighted by Gasteiger charge is -2.31. The molecular weight excluding hydrogens is 334 g/mol. The topological polar surface area (TPSA) is 29.5 Å². The normalized spacial score (nSPS) is 15.4. The van der Waals surface area contributed by atoms with Crippen molar-refractivity contribution in [3.63, 3.8) is 0 Å². The van der Waals surface area contributed by atoms with Gasteiger partial charge in [-0.3, -0.25) is 4.79 Å². The molecule has 1 saturated heterocycles. The summed E-state index contributed by atoms with van der Waals surface area (Å²) in [6.45, 7) is 3.10. The van der Waals surface area contributed by atoms with Crippen LogP contribution in [0, 0.1) is 5.92 Å². The van der Waals surface area contributed by atoms with Crippen molar-refractivity contribution in [3.05, 3.63) is 65.7 Å². The second-order valence-electron chi connectivity index (χ2n) is 6.44. The number of halogens is 1. The Kier molecular flexibility index (Phi) is 7.48. The van der Waals surface area contributed by atoms with Crippen LogP contribution in [0.4, 0.5) is 0 Å². The number of hydrogen-bond donors (Lipinski definition) is 0. The Bertz CT molecular complexity index is 649. The van der Waals surface area contributed by atoms with Crippen molar-refractivity contribution in [2.45, 2.75) is 19.3 Å². The van der Waals surface area contributed by atoms with Crippen molar-refractivity contribution in [3.8, 4) is 5.75 Å². The van der Waals surface area contributed by atoms with E-state index in [0.717, 1.165) is 50.2 Å². The second-order valence-corrected chi connectivity index (χ2v) is 6.44. The van der Waals surface area contributed by atoms with Gasteiger partial charge < -0.3 is 9.64 Å². The smallest absolute Gasteiger partial charge is 0.166 e. The van der Waals surface area contributed by atoms with Gasteiger partial charge >= 0.3 is 0 Å². The molecule has 0 amide bonds. The number of likely N-dealkylation sites (tertiary alicyclic amines) is 1. The third-order valence-electron chi connectivity index (χ3n) is 4.89. The van der Waals surface area contributed by atoms with Gasteiger partial charge in [0.15, 0.2) is 5.78 Å². The molecule has 0 atom stereocenters. The first kappa shape index (κ1) is 19.5. The van der Waals surface area contributed by atoms with Crippen LogP contribution in [0.25, 0.3) is 0 Å². The van der Waals surface area contributed by atoms with Crippen LogP contribution in [0.15, 0.2) is 54.6 Å². The third-order valence-corrected chi connectivity index (χ3v) is 4.89. The highest BCUT2D eigenvalue weighted by Crippen LogP contribution is 2.23. The van der Waals surface area contributed by atoms with Crippen molar-refractivity contribution in [2.24, 2.45) is 5.92 Å². The maximum atomic E-state index is 12.6. The highest BCUT2D eigenvalue weighted by molar-refractivity contribution is 5.98. The fraction of sp³-hybridized carbons (Fsp3) is 0.381. The lowest BCUT2D eigenvalue weighted by Crippen LogP contribution is -2.37. The van der Waals surface area contributed by atoms with Gasteiger partial charge in [-0.05, 0) is 62.2 Å². The second kappa shape index (κ2) is 9.59. The molecule has 0 saturated carbocycles. The molecule has 1 aliphatic heterocycles. The number of hydrogen-bond acceptors (Lipinski definition) is 3. The molecule has 1 aliphatic rings. The standard InChI is InChI=1S/C21H25NO2.ClH/c1-24-20-9-7-18(8-10-20)21(23)19-12-15-22(16-13-19)14-11-17-5-3-2-4-6-17;/h2-10,19H,11-16H2,1H3;1H. The Morgan fingerprint density at radius 1 is 1.04 bits per heavy atom. The van der Waals surface area contributed by atoms with Gasteiger partial charge in [0.25, 0.3) is 0 Å². The molecule has 1 fully saturated rings. The molecule has 0 aromatic heterocycles. The van der Waals surface area contributed by atoms with E-state index in [-0.39, 0.29) is 24.1 Å². The zero-order valence-electron chi connectivity index (χ0n) is 14.7. The largest absolute Gasteiger partial charge is 0.497 e. The highest BCUT2D eigenvalue weighted by Gasteiger charge is 2.25. The van der Waals surface area contributed by atoms with Gasteiger partial charge in [0.2, 0.25) is 0 Å². The summed E-state index contributed by atoms with van der Waals surface area (Å²) in [7, 11) is 1.64. The van der Waals surface area contributed by atoms with Crippen molar-refractivity contribution in [1.82, 2.24) is 4.90 Å². The van der Waals surface area contributed by atoms with Crippen LogP contribution < -0.4 is 4.74 Å². The van der Waals surface area contributed by atoms with Crippen LogP contribution >= 0.6 is 12.4 Å². The first-order valence-electron chi connectivity index (χ1n) is 8.71. The average molecular weight is 360 g/mol. The molecule has 1 heterocycles. The summed E-state index contributed by atoms with van der Waals surface area (Å²) in [6.07, 6.45) is 3.00. The van der Waals surface area contributed by atoms with E-state index in [0.29, 0.717) is 0 Å². The minimum Gasteiger partial charge on any atom is -0.497 e. The number of carbonyl (C=O) groups is 1. The molecule has 0 unspecified atom stereocenters. The van der Waals surface area contributed by atoms with E-state index in [1.165, 1.54) is 5.56 Å². The Hall–Kier alpha value is -1.84. The lowest BCUT2D eigenvalue weighted by molar-refractivity contribution is 0.0841. The molecule has 0 radical (unpaired) electrons. The average Bonchev–Trinajstić information content (AvgIpc) is 2.67. The number of rotatable bonds is 6. The Morgan fingerprint density at radius 3 is 2.28 bits per heavy atom. The Labute approximate surface area is 156 Å². The quantitative estimate of drug-likeness (QED) is 0.722. The molecule has 2 aromatic carbocycles. The molecule has 3 nitrogen and oxygen atoms in total. The van der Waals surface area contributed by atoms with Gasteiger partial charge in [0, 0.05) is 18.0 Å². The summed E-state index contributed by atoms with van der Waals surface area (Å²) < 4.78 is 5.15. The summed E-state index contributed by atoms with van der Waals surface area (Å²) in [5, 5.41) is 0. The van der Waals surface area contributed by atoms with Gasteiger partial charge in [0.1, 0.15) is 5.75 Å². The summed E-state index contributed by atoms with van der Waals surface area (Å²) >= 11 is 0. The Balaban J connectivity index is 0.00000225. The van der Waals surface area contributed by atoms with Gasteiger partial charge in [-0.25, -0.2) is 0 Å². The number of methoxy groups -OCH3 is 1. The van der Waals surface area contributed by atoms with Crippen molar-refractivity contribution < 1.29 is 9.53 Å². The lowest BCUT2D eigenvalue weighted by atomic mass is 9.89. The maximum absolute atomic E-state index is 12.6. The molecule has 0 aliphatic carbocycles. The van der Waals surface area contributed by atoms with Crippen molar-refractivity contribution in [1.29, 1.82) is 0 Å².